The summed E-state index contributed by atoms with van der Waals surface area (Å²) in [5.74, 6) is 0.849. The van der Waals surface area contributed by atoms with Gasteiger partial charge in [-0.2, -0.15) is 4.98 Å². The number of rotatable bonds is 3. The molecule has 0 aliphatic heterocycles. The first-order valence-electron chi connectivity index (χ1n) is 7.53. The standard InChI is InChI=1S/C15H23N5/c1-3-19(13-8-6-12(16)7-9-13)15-17-14-11(2)5-4-10-20(14)18-15/h4-5,10,12-13H,3,6-9,16H2,1-2H3. The molecular formula is C15H23N5. The first-order valence-corrected chi connectivity index (χ1v) is 7.53. The van der Waals surface area contributed by atoms with Gasteiger partial charge in [-0.25, -0.2) is 4.52 Å². The summed E-state index contributed by atoms with van der Waals surface area (Å²) in [6, 6.07) is 4.99. The maximum Gasteiger partial charge on any atom is 0.245 e. The van der Waals surface area contributed by atoms with Crippen LogP contribution in [0.2, 0.25) is 0 Å². The van der Waals surface area contributed by atoms with Crippen LogP contribution in [0.15, 0.2) is 18.3 Å². The number of fused-ring (bicyclic) bond motifs is 1. The molecule has 2 aromatic heterocycles. The van der Waals surface area contributed by atoms with Crippen molar-refractivity contribution in [3.8, 4) is 0 Å². The molecule has 2 aromatic rings. The van der Waals surface area contributed by atoms with E-state index in [9.17, 15) is 0 Å². The highest BCUT2D eigenvalue weighted by Crippen LogP contribution is 2.25. The summed E-state index contributed by atoms with van der Waals surface area (Å²) >= 11 is 0. The maximum absolute atomic E-state index is 6.00. The van der Waals surface area contributed by atoms with Crippen LogP contribution in [0.25, 0.3) is 5.65 Å². The molecular weight excluding hydrogens is 250 g/mol. The van der Waals surface area contributed by atoms with E-state index in [1.165, 1.54) is 0 Å². The molecule has 108 valence electrons. The van der Waals surface area contributed by atoms with Crippen LogP contribution in [0.4, 0.5) is 5.95 Å². The Morgan fingerprint density at radius 2 is 2.10 bits per heavy atom. The minimum atomic E-state index is 0.376. The number of hydrogen-bond acceptors (Lipinski definition) is 4. The van der Waals surface area contributed by atoms with Crippen molar-refractivity contribution < 1.29 is 0 Å². The highest BCUT2D eigenvalue weighted by atomic mass is 15.4. The lowest BCUT2D eigenvalue weighted by atomic mass is 9.91. The fraction of sp³-hybridized carbons (Fsp3) is 0.600. The molecule has 0 atom stereocenters. The van der Waals surface area contributed by atoms with Crippen molar-refractivity contribution in [1.29, 1.82) is 0 Å². The zero-order valence-electron chi connectivity index (χ0n) is 12.3. The van der Waals surface area contributed by atoms with E-state index in [-0.39, 0.29) is 0 Å². The summed E-state index contributed by atoms with van der Waals surface area (Å²) in [6.07, 6.45) is 6.46. The summed E-state index contributed by atoms with van der Waals surface area (Å²) in [7, 11) is 0. The number of pyridine rings is 1. The van der Waals surface area contributed by atoms with E-state index in [0.717, 1.165) is 49.4 Å². The number of aryl methyl sites for hydroxylation is 1. The van der Waals surface area contributed by atoms with E-state index in [0.29, 0.717) is 12.1 Å². The first kappa shape index (κ1) is 13.4. The van der Waals surface area contributed by atoms with Gasteiger partial charge in [0.1, 0.15) is 0 Å². The Balaban J connectivity index is 1.89. The van der Waals surface area contributed by atoms with E-state index in [1.54, 1.807) is 0 Å². The Morgan fingerprint density at radius 1 is 1.35 bits per heavy atom. The summed E-state index contributed by atoms with van der Waals surface area (Å²) < 4.78 is 1.88. The van der Waals surface area contributed by atoms with Crippen molar-refractivity contribution in [3.63, 3.8) is 0 Å². The molecule has 1 aliphatic rings. The Hall–Kier alpha value is -1.62. The van der Waals surface area contributed by atoms with Gasteiger partial charge >= 0.3 is 0 Å². The van der Waals surface area contributed by atoms with E-state index in [1.807, 2.05) is 16.8 Å². The molecule has 1 saturated carbocycles. The molecule has 0 bridgehead atoms. The third-order valence-corrected chi connectivity index (χ3v) is 4.33. The van der Waals surface area contributed by atoms with Crippen LogP contribution in [0.1, 0.15) is 38.2 Å². The van der Waals surface area contributed by atoms with E-state index >= 15 is 0 Å². The predicted molar refractivity (Wildman–Crippen MR) is 81.0 cm³/mol. The average molecular weight is 273 g/mol. The molecule has 1 aliphatic carbocycles. The van der Waals surface area contributed by atoms with Crippen LogP contribution in [0, 0.1) is 6.92 Å². The Kier molecular flexibility index (Phi) is 3.61. The monoisotopic (exact) mass is 273 g/mol. The van der Waals surface area contributed by atoms with Crippen LogP contribution in [-0.4, -0.2) is 33.2 Å². The lowest BCUT2D eigenvalue weighted by molar-refractivity contribution is 0.375. The summed E-state index contributed by atoms with van der Waals surface area (Å²) in [5, 5.41) is 4.64. The second-order valence-electron chi connectivity index (χ2n) is 5.73. The van der Waals surface area contributed by atoms with Gasteiger partial charge in [0, 0.05) is 24.8 Å². The summed E-state index contributed by atoms with van der Waals surface area (Å²) in [5.41, 5.74) is 8.12. The second-order valence-corrected chi connectivity index (χ2v) is 5.73. The van der Waals surface area contributed by atoms with Gasteiger partial charge in [0.25, 0.3) is 0 Å². The van der Waals surface area contributed by atoms with Gasteiger partial charge in [-0.05, 0) is 51.2 Å². The van der Waals surface area contributed by atoms with Gasteiger partial charge in [-0.3, -0.25) is 0 Å². The first-order chi connectivity index (χ1) is 9.69. The number of hydrogen-bond donors (Lipinski definition) is 1. The van der Waals surface area contributed by atoms with Crippen LogP contribution in [0.3, 0.4) is 0 Å². The van der Waals surface area contributed by atoms with Gasteiger partial charge in [0.2, 0.25) is 5.95 Å². The third-order valence-electron chi connectivity index (χ3n) is 4.33. The third kappa shape index (κ3) is 2.38. The quantitative estimate of drug-likeness (QED) is 0.930. The molecule has 2 heterocycles. The molecule has 0 saturated heterocycles. The second kappa shape index (κ2) is 5.40. The van der Waals surface area contributed by atoms with Gasteiger partial charge in [-0.1, -0.05) is 6.07 Å². The molecule has 1 fully saturated rings. The number of anilines is 1. The molecule has 5 heteroatoms. The molecule has 3 rings (SSSR count). The largest absolute Gasteiger partial charge is 0.337 e. The number of nitrogens with two attached hydrogens (primary N) is 1. The highest BCUT2D eigenvalue weighted by Gasteiger charge is 2.26. The van der Waals surface area contributed by atoms with Crippen LogP contribution >= 0.6 is 0 Å². The molecule has 5 nitrogen and oxygen atoms in total. The van der Waals surface area contributed by atoms with Gasteiger partial charge in [0.15, 0.2) is 5.65 Å². The molecule has 20 heavy (non-hydrogen) atoms. The maximum atomic E-state index is 6.00. The molecule has 0 amide bonds. The van der Waals surface area contributed by atoms with Gasteiger partial charge in [-0.15, -0.1) is 5.10 Å². The number of nitrogens with zero attached hydrogens (tertiary/aromatic N) is 4. The fourth-order valence-electron chi connectivity index (χ4n) is 3.13. The van der Waals surface area contributed by atoms with Crippen molar-refractivity contribution in [2.75, 3.05) is 11.4 Å². The Bertz CT molecular complexity index is 583. The average Bonchev–Trinajstić information content (AvgIpc) is 2.87. The smallest absolute Gasteiger partial charge is 0.245 e. The summed E-state index contributed by atoms with van der Waals surface area (Å²) in [4.78, 5) is 7.06. The van der Waals surface area contributed by atoms with Crippen LogP contribution in [0.5, 0.6) is 0 Å². The van der Waals surface area contributed by atoms with E-state index < -0.39 is 0 Å². The highest BCUT2D eigenvalue weighted by molar-refractivity contribution is 5.50. The van der Waals surface area contributed by atoms with Crippen molar-refractivity contribution in [3.05, 3.63) is 23.9 Å². The van der Waals surface area contributed by atoms with Crippen molar-refractivity contribution in [2.45, 2.75) is 51.6 Å². The lowest BCUT2D eigenvalue weighted by Gasteiger charge is -2.34. The predicted octanol–water partition coefficient (Wildman–Crippen LogP) is 2.13. The van der Waals surface area contributed by atoms with Crippen molar-refractivity contribution >= 4 is 11.6 Å². The minimum Gasteiger partial charge on any atom is -0.337 e. The zero-order chi connectivity index (χ0) is 14.1. The fourth-order valence-corrected chi connectivity index (χ4v) is 3.13. The molecule has 0 unspecified atom stereocenters. The van der Waals surface area contributed by atoms with Crippen LogP contribution < -0.4 is 10.6 Å². The SMILES string of the molecule is CCN(c1nc2c(C)cccn2n1)C1CCC(N)CC1. The molecule has 0 spiro atoms. The van der Waals surface area contributed by atoms with E-state index in [2.05, 4.69) is 29.9 Å². The summed E-state index contributed by atoms with van der Waals surface area (Å²) in [6.45, 7) is 5.19. The van der Waals surface area contributed by atoms with Crippen molar-refractivity contribution in [1.82, 2.24) is 14.6 Å². The number of aromatic nitrogens is 3. The minimum absolute atomic E-state index is 0.376. The Morgan fingerprint density at radius 3 is 2.75 bits per heavy atom. The molecule has 0 radical (unpaired) electrons. The van der Waals surface area contributed by atoms with Crippen LogP contribution in [-0.2, 0) is 0 Å². The Labute approximate surface area is 119 Å². The lowest BCUT2D eigenvalue weighted by Crippen LogP contribution is -2.41. The van der Waals surface area contributed by atoms with E-state index in [4.69, 9.17) is 10.7 Å². The normalized spacial score (nSPS) is 23.1. The molecule has 0 aromatic carbocycles. The topological polar surface area (TPSA) is 59.5 Å². The van der Waals surface area contributed by atoms with Gasteiger partial charge < -0.3 is 10.6 Å². The molecule has 2 N–H and O–H groups in total. The van der Waals surface area contributed by atoms with Gasteiger partial charge in [0.05, 0.1) is 0 Å². The van der Waals surface area contributed by atoms with Crippen molar-refractivity contribution in [2.24, 2.45) is 5.73 Å². The zero-order valence-corrected chi connectivity index (χ0v) is 12.3.